The molecule has 0 spiro atoms. The summed E-state index contributed by atoms with van der Waals surface area (Å²) in [6.07, 6.45) is 2.81. The molecule has 1 aliphatic rings. The predicted octanol–water partition coefficient (Wildman–Crippen LogP) is 1.81. The Morgan fingerprint density at radius 1 is 1.33 bits per heavy atom. The zero-order valence-electron chi connectivity index (χ0n) is 11.6. The van der Waals surface area contributed by atoms with Crippen LogP contribution in [0.2, 0.25) is 0 Å². The van der Waals surface area contributed by atoms with E-state index in [1.807, 2.05) is 23.9 Å². The fourth-order valence-electron chi connectivity index (χ4n) is 2.51. The van der Waals surface area contributed by atoms with E-state index in [1.165, 1.54) is 0 Å². The number of thioether (sulfide) groups is 1. The number of aryl methyl sites for hydroxylation is 2. The van der Waals surface area contributed by atoms with Crippen molar-refractivity contribution in [3.63, 3.8) is 0 Å². The molecule has 0 aliphatic carbocycles. The number of nitrogens with two attached hydrogens (primary N) is 1. The average molecular weight is 298 g/mol. The molecular weight excluding hydrogens is 284 g/mol. The van der Waals surface area contributed by atoms with Crippen LogP contribution in [0.25, 0.3) is 11.0 Å². The van der Waals surface area contributed by atoms with Gasteiger partial charge in [0, 0.05) is 18.4 Å². The van der Waals surface area contributed by atoms with Crippen molar-refractivity contribution in [3.05, 3.63) is 35.3 Å². The number of nitrogens with zero attached hydrogens (tertiary/aromatic N) is 5. The fourth-order valence-corrected chi connectivity index (χ4v) is 3.51. The van der Waals surface area contributed by atoms with Crippen LogP contribution in [-0.2, 0) is 13.0 Å². The van der Waals surface area contributed by atoms with Gasteiger partial charge in [-0.2, -0.15) is 10.1 Å². The molecule has 21 heavy (non-hydrogen) atoms. The van der Waals surface area contributed by atoms with Crippen molar-refractivity contribution in [2.75, 3.05) is 11.5 Å². The third-order valence-electron chi connectivity index (χ3n) is 3.51. The summed E-state index contributed by atoms with van der Waals surface area (Å²) < 4.78 is 1.88. The first kappa shape index (κ1) is 12.6. The van der Waals surface area contributed by atoms with Gasteiger partial charge in [-0.1, -0.05) is 6.07 Å². The Hall–Kier alpha value is -2.15. The average Bonchev–Trinajstić information content (AvgIpc) is 2.81. The molecule has 0 saturated heterocycles. The zero-order valence-corrected chi connectivity index (χ0v) is 12.4. The maximum absolute atomic E-state index is 5.82. The lowest BCUT2D eigenvalue weighted by molar-refractivity contribution is 0.676. The highest BCUT2D eigenvalue weighted by molar-refractivity contribution is 7.99. The van der Waals surface area contributed by atoms with Gasteiger partial charge in [-0.15, -0.1) is 11.8 Å². The fraction of sp³-hybridized carbons (Fsp3) is 0.286. The molecule has 6 nitrogen and oxygen atoms in total. The summed E-state index contributed by atoms with van der Waals surface area (Å²) in [5.74, 6) is 1.29. The molecule has 7 heteroatoms. The SMILES string of the molecule is Cc1ccc(Cn2nc3c4c(nc(N)nc42)SCC3)nc1. The number of hydrogen-bond acceptors (Lipinski definition) is 6. The van der Waals surface area contributed by atoms with E-state index in [0.29, 0.717) is 12.5 Å². The third kappa shape index (κ3) is 2.13. The lowest BCUT2D eigenvalue weighted by Gasteiger charge is -2.08. The van der Waals surface area contributed by atoms with Crippen LogP contribution in [0.5, 0.6) is 0 Å². The number of nitrogen functional groups attached to an aromatic ring is 1. The second-order valence-electron chi connectivity index (χ2n) is 5.12. The van der Waals surface area contributed by atoms with Crippen LogP contribution in [0.1, 0.15) is 17.0 Å². The lowest BCUT2D eigenvalue weighted by Crippen LogP contribution is -2.06. The Balaban J connectivity index is 1.84. The molecule has 0 radical (unpaired) electrons. The largest absolute Gasteiger partial charge is 0.368 e. The maximum atomic E-state index is 5.82. The first-order valence-corrected chi connectivity index (χ1v) is 7.76. The van der Waals surface area contributed by atoms with Gasteiger partial charge >= 0.3 is 0 Å². The summed E-state index contributed by atoms with van der Waals surface area (Å²) in [4.78, 5) is 13.1. The first-order chi connectivity index (χ1) is 10.2. The number of rotatable bonds is 2. The monoisotopic (exact) mass is 298 g/mol. The van der Waals surface area contributed by atoms with Crippen LogP contribution in [0.4, 0.5) is 5.95 Å². The molecule has 0 fully saturated rings. The van der Waals surface area contributed by atoms with Crippen LogP contribution in [-0.4, -0.2) is 30.5 Å². The van der Waals surface area contributed by atoms with Gasteiger partial charge in [-0.3, -0.25) is 4.98 Å². The van der Waals surface area contributed by atoms with Crippen molar-refractivity contribution in [1.29, 1.82) is 0 Å². The van der Waals surface area contributed by atoms with Crippen LogP contribution in [0.3, 0.4) is 0 Å². The minimum atomic E-state index is 0.302. The summed E-state index contributed by atoms with van der Waals surface area (Å²) in [7, 11) is 0. The van der Waals surface area contributed by atoms with Crippen LogP contribution >= 0.6 is 11.8 Å². The molecule has 0 amide bonds. The molecule has 0 atom stereocenters. The van der Waals surface area contributed by atoms with E-state index in [9.17, 15) is 0 Å². The Morgan fingerprint density at radius 3 is 3.05 bits per heavy atom. The molecule has 106 valence electrons. The van der Waals surface area contributed by atoms with Gasteiger partial charge in [0.2, 0.25) is 5.95 Å². The molecule has 3 aromatic rings. The van der Waals surface area contributed by atoms with Crippen molar-refractivity contribution >= 4 is 28.7 Å². The minimum Gasteiger partial charge on any atom is -0.368 e. The van der Waals surface area contributed by atoms with Gasteiger partial charge in [0.05, 0.1) is 23.3 Å². The highest BCUT2D eigenvalue weighted by Crippen LogP contribution is 2.33. The van der Waals surface area contributed by atoms with Gasteiger partial charge < -0.3 is 5.73 Å². The number of pyridine rings is 1. The molecule has 2 N–H and O–H groups in total. The minimum absolute atomic E-state index is 0.302. The van der Waals surface area contributed by atoms with E-state index >= 15 is 0 Å². The second kappa shape index (κ2) is 4.70. The Morgan fingerprint density at radius 2 is 2.24 bits per heavy atom. The maximum Gasteiger partial charge on any atom is 0.223 e. The first-order valence-electron chi connectivity index (χ1n) is 6.78. The van der Waals surface area contributed by atoms with Crippen LogP contribution < -0.4 is 5.73 Å². The quantitative estimate of drug-likeness (QED) is 0.727. The van der Waals surface area contributed by atoms with E-state index in [1.54, 1.807) is 11.8 Å². The van der Waals surface area contributed by atoms with Gasteiger partial charge in [-0.25, -0.2) is 9.67 Å². The van der Waals surface area contributed by atoms with Crippen molar-refractivity contribution in [2.24, 2.45) is 0 Å². The molecule has 0 saturated carbocycles. The van der Waals surface area contributed by atoms with E-state index in [4.69, 9.17) is 5.73 Å². The standard InChI is InChI=1S/C14H14N6S/c1-8-2-3-9(16-6-8)7-20-12-11-10(19-20)4-5-21-13(11)18-14(15)17-12/h2-3,6H,4-5,7H2,1H3,(H2,15,17,18). The summed E-state index contributed by atoms with van der Waals surface area (Å²) >= 11 is 1.72. The topological polar surface area (TPSA) is 82.5 Å². The molecular formula is C14H14N6S. The predicted molar refractivity (Wildman–Crippen MR) is 82.2 cm³/mol. The summed E-state index contributed by atoms with van der Waals surface area (Å²) in [6, 6.07) is 4.07. The molecule has 3 aromatic heterocycles. The van der Waals surface area contributed by atoms with Gasteiger partial charge in [0.15, 0.2) is 5.65 Å². The lowest BCUT2D eigenvalue weighted by atomic mass is 10.2. The summed E-state index contributed by atoms with van der Waals surface area (Å²) in [6.45, 7) is 2.62. The van der Waals surface area contributed by atoms with Crippen molar-refractivity contribution in [3.8, 4) is 0 Å². The van der Waals surface area contributed by atoms with Crippen LogP contribution in [0, 0.1) is 6.92 Å². The van der Waals surface area contributed by atoms with Gasteiger partial charge in [0.25, 0.3) is 0 Å². The molecule has 0 aromatic carbocycles. The summed E-state index contributed by atoms with van der Waals surface area (Å²) in [5, 5.41) is 6.68. The zero-order chi connectivity index (χ0) is 14.4. The number of aromatic nitrogens is 5. The molecule has 4 rings (SSSR count). The van der Waals surface area contributed by atoms with E-state index in [2.05, 4.69) is 26.1 Å². The Kier molecular flexibility index (Phi) is 2.81. The van der Waals surface area contributed by atoms with Crippen molar-refractivity contribution < 1.29 is 0 Å². The van der Waals surface area contributed by atoms with E-state index in [0.717, 1.165) is 45.2 Å². The second-order valence-corrected chi connectivity index (χ2v) is 6.20. The Labute approximate surface area is 125 Å². The van der Waals surface area contributed by atoms with Crippen molar-refractivity contribution in [2.45, 2.75) is 24.9 Å². The van der Waals surface area contributed by atoms with E-state index in [-0.39, 0.29) is 0 Å². The summed E-state index contributed by atoms with van der Waals surface area (Å²) in [5.41, 5.74) is 9.80. The van der Waals surface area contributed by atoms with Crippen molar-refractivity contribution in [1.82, 2.24) is 24.7 Å². The third-order valence-corrected chi connectivity index (χ3v) is 4.49. The Bertz CT molecular complexity index is 824. The van der Waals surface area contributed by atoms with Crippen LogP contribution in [0.15, 0.2) is 23.4 Å². The highest BCUT2D eigenvalue weighted by atomic mass is 32.2. The molecule has 1 aliphatic heterocycles. The number of hydrogen-bond donors (Lipinski definition) is 1. The molecule has 0 unspecified atom stereocenters. The smallest absolute Gasteiger partial charge is 0.223 e. The van der Waals surface area contributed by atoms with E-state index < -0.39 is 0 Å². The highest BCUT2D eigenvalue weighted by Gasteiger charge is 2.22. The molecule has 0 bridgehead atoms. The van der Waals surface area contributed by atoms with Gasteiger partial charge in [0.1, 0.15) is 5.03 Å². The van der Waals surface area contributed by atoms with Gasteiger partial charge in [-0.05, 0) is 18.6 Å². The molecule has 4 heterocycles. The normalized spacial score (nSPS) is 13.8. The number of anilines is 1.